The maximum Gasteiger partial charge on any atom is 0.136 e. The van der Waals surface area contributed by atoms with Crippen molar-refractivity contribution in [1.82, 2.24) is 4.57 Å². The first-order valence-electron chi connectivity index (χ1n) is 18.8. The van der Waals surface area contributed by atoms with E-state index in [-0.39, 0.29) is 0 Å². The number of para-hydroxylation sites is 2. The van der Waals surface area contributed by atoms with Crippen LogP contribution in [0.5, 0.6) is 0 Å². The van der Waals surface area contributed by atoms with Crippen LogP contribution in [0.1, 0.15) is 0 Å². The molecular weight excluding hydrogens is 671 g/mol. The Labute approximate surface area is 315 Å². The maximum absolute atomic E-state index is 6.68. The van der Waals surface area contributed by atoms with Crippen molar-refractivity contribution in [2.24, 2.45) is 0 Å². The average Bonchev–Trinajstić information content (AvgIpc) is 3.94. The third-order valence-corrected chi connectivity index (χ3v) is 11.5. The first-order chi connectivity index (χ1) is 27.3. The quantitative estimate of drug-likeness (QED) is 0.171. The lowest BCUT2D eigenvalue weighted by Crippen LogP contribution is -1.94. The number of furan rings is 2. The van der Waals surface area contributed by atoms with Gasteiger partial charge in [0.15, 0.2) is 0 Å². The van der Waals surface area contributed by atoms with Crippen molar-refractivity contribution in [3.63, 3.8) is 0 Å². The van der Waals surface area contributed by atoms with Gasteiger partial charge in [0, 0.05) is 38.2 Å². The second-order valence-electron chi connectivity index (χ2n) is 14.4. The molecule has 0 radical (unpaired) electrons. The van der Waals surface area contributed by atoms with E-state index >= 15 is 0 Å². The Morgan fingerprint density at radius 3 is 1.58 bits per heavy atom. The van der Waals surface area contributed by atoms with Crippen molar-refractivity contribution in [3.05, 3.63) is 188 Å². The molecule has 12 aromatic rings. The van der Waals surface area contributed by atoms with Gasteiger partial charge in [0.2, 0.25) is 0 Å². The van der Waals surface area contributed by atoms with E-state index in [0.29, 0.717) is 0 Å². The molecule has 256 valence electrons. The van der Waals surface area contributed by atoms with Gasteiger partial charge < -0.3 is 13.4 Å². The van der Waals surface area contributed by atoms with Crippen LogP contribution in [0, 0.1) is 0 Å². The summed E-state index contributed by atoms with van der Waals surface area (Å²) in [5.41, 5.74) is 13.1. The van der Waals surface area contributed by atoms with Gasteiger partial charge in [-0.3, -0.25) is 0 Å². The summed E-state index contributed by atoms with van der Waals surface area (Å²) in [4.78, 5) is 0. The van der Waals surface area contributed by atoms with Crippen LogP contribution >= 0.6 is 0 Å². The number of aromatic nitrogens is 1. The normalized spacial score (nSPS) is 12.0. The minimum atomic E-state index is 0.844. The molecule has 0 bridgehead atoms. The second kappa shape index (κ2) is 11.6. The number of benzene rings is 9. The summed E-state index contributed by atoms with van der Waals surface area (Å²) in [5.74, 6) is 0. The first kappa shape index (κ1) is 30.1. The van der Waals surface area contributed by atoms with Crippen LogP contribution in [-0.2, 0) is 0 Å². The van der Waals surface area contributed by atoms with Crippen molar-refractivity contribution < 1.29 is 8.83 Å². The summed E-state index contributed by atoms with van der Waals surface area (Å²) in [6.45, 7) is 0. The molecule has 3 nitrogen and oxygen atoms in total. The molecule has 3 heteroatoms. The fourth-order valence-electron chi connectivity index (χ4n) is 9.19. The highest BCUT2D eigenvalue weighted by Crippen LogP contribution is 2.49. The summed E-state index contributed by atoms with van der Waals surface area (Å²) >= 11 is 0. The fourth-order valence-corrected chi connectivity index (χ4v) is 9.19. The number of fused-ring (bicyclic) bond motifs is 9. The molecule has 0 fully saturated rings. The lowest BCUT2D eigenvalue weighted by molar-refractivity contribution is 0.617. The van der Waals surface area contributed by atoms with Gasteiger partial charge in [-0.2, -0.15) is 0 Å². The van der Waals surface area contributed by atoms with Crippen LogP contribution in [0.4, 0.5) is 0 Å². The van der Waals surface area contributed by atoms with Crippen LogP contribution in [0.2, 0.25) is 0 Å². The molecule has 0 atom stereocenters. The van der Waals surface area contributed by atoms with Crippen LogP contribution in [0.15, 0.2) is 197 Å². The van der Waals surface area contributed by atoms with Gasteiger partial charge >= 0.3 is 0 Å². The van der Waals surface area contributed by atoms with Gasteiger partial charge in [-0.05, 0) is 91.8 Å². The molecule has 0 aliphatic rings. The topological polar surface area (TPSA) is 31.2 Å². The zero-order chi connectivity index (χ0) is 36.0. The SMILES string of the molecule is c1ccc(-c2coc3cc4c(cc23)oc2cccc(-c3c5ccccc5c(-c5cccc6c5c5ccccc5n6-c5ccccc5)c5ccccc35)c24)cc1. The Morgan fingerprint density at radius 2 is 0.891 bits per heavy atom. The van der Waals surface area contributed by atoms with E-state index in [0.717, 1.165) is 55.3 Å². The molecule has 0 spiro atoms. The Bertz CT molecular complexity index is 3420. The van der Waals surface area contributed by atoms with Crippen molar-refractivity contribution in [2.75, 3.05) is 0 Å². The largest absolute Gasteiger partial charge is 0.464 e. The molecule has 3 heterocycles. The monoisotopic (exact) mass is 701 g/mol. The van der Waals surface area contributed by atoms with E-state index < -0.39 is 0 Å². The van der Waals surface area contributed by atoms with E-state index in [2.05, 4.69) is 180 Å². The third kappa shape index (κ3) is 4.32. The number of hydrogen-bond acceptors (Lipinski definition) is 2. The zero-order valence-corrected chi connectivity index (χ0v) is 29.7. The van der Waals surface area contributed by atoms with Gasteiger partial charge in [-0.1, -0.05) is 140 Å². The molecule has 12 rings (SSSR count). The van der Waals surface area contributed by atoms with E-state index in [1.807, 2.05) is 12.3 Å². The van der Waals surface area contributed by atoms with Crippen molar-refractivity contribution >= 4 is 76.3 Å². The van der Waals surface area contributed by atoms with E-state index in [9.17, 15) is 0 Å². The summed E-state index contributed by atoms with van der Waals surface area (Å²) in [5, 5.41) is 10.5. The van der Waals surface area contributed by atoms with Gasteiger partial charge in [-0.25, -0.2) is 0 Å². The Balaban J connectivity index is 1.17. The van der Waals surface area contributed by atoms with Crippen molar-refractivity contribution in [1.29, 1.82) is 0 Å². The predicted molar refractivity (Wildman–Crippen MR) is 229 cm³/mol. The summed E-state index contributed by atoms with van der Waals surface area (Å²) in [6.07, 6.45) is 1.86. The molecule has 9 aromatic carbocycles. The number of nitrogens with zero attached hydrogens (tertiary/aromatic N) is 1. The van der Waals surface area contributed by atoms with Gasteiger partial charge in [0.05, 0.1) is 17.3 Å². The number of hydrogen-bond donors (Lipinski definition) is 0. The fraction of sp³-hybridized carbons (Fsp3) is 0. The van der Waals surface area contributed by atoms with Crippen LogP contribution in [0.25, 0.3) is 115 Å². The molecule has 0 aliphatic carbocycles. The predicted octanol–water partition coefficient (Wildman–Crippen LogP) is 14.7. The Morgan fingerprint density at radius 1 is 0.345 bits per heavy atom. The minimum Gasteiger partial charge on any atom is -0.464 e. The average molecular weight is 702 g/mol. The lowest BCUT2D eigenvalue weighted by Gasteiger charge is -2.19. The summed E-state index contributed by atoms with van der Waals surface area (Å²) in [7, 11) is 0. The van der Waals surface area contributed by atoms with Crippen LogP contribution < -0.4 is 0 Å². The summed E-state index contributed by atoms with van der Waals surface area (Å²) < 4.78 is 15.3. The molecule has 0 unspecified atom stereocenters. The molecule has 0 aliphatic heterocycles. The zero-order valence-electron chi connectivity index (χ0n) is 29.7. The Kier molecular flexibility index (Phi) is 6.34. The van der Waals surface area contributed by atoms with Gasteiger partial charge in [-0.15, -0.1) is 0 Å². The highest BCUT2D eigenvalue weighted by Gasteiger charge is 2.23. The first-order valence-corrected chi connectivity index (χ1v) is 18.8. The third-order valence-electron chi connectivity index (χ3n) is 11.5. The second-order valence-corrected chi connectivity index (χ2v) is 14.4. The van der Waals surface area contributed by atoms with E-state index in [1.165, 1.54) is 60.0 Å². The molecule has 0 amide bonds. The molecule has 0 saturated heterocycles. The maximum atomic E-state index is 6.68. The highest BCUT2D eigenvalue weighted by atomic mass is 16.3. The molecule has 0 N–H and O–H groups in total. The summed E-state index contributed by atoms with van der Waals surface area (Å²) in [6, 6.07) is 65.2. The lowest BCUT2D eigenvalue weighted by atomic mass is 9.84. The van der Waals surface area contributed by atoms with E-state index in [1.54, 1.807) is 0 Å². The molecule has 3 aromatic heterocycles. The number of rotatable bonds is 4. The van der Waals surface area contributed by atoms with Gasteiger partial charge in [0.1, 0.15) is 16.7 Å². The standard InChI is InChI=1S/C52H31NO2/c1-3-15-32(16-4-1)43-31-54-47-30-42-48(29-41(43)47)55-46-28-14-25-40(52(42)46)50-36-21-9-7-19-34(36)49(35-20-8-10-22-37(35)50)39-24-13-27-45-51(39)38-23-11-12-26-44(38)53(45)33-17-5-2-6-18-33/h1-31H. The minimum absolute atomic E-state index is 0.844. The highest BCUT2D eigenvalue weighted by molar-refractivity contribution is 6.29. The Hall–Kier alpha value is -7.36. The van der Waals surface area contributed by atoms with Crippen LogP contribution in [0.3, 0.4) is 0 Å². The van der Waals surface area contributed by atoms with Crippen molar-refractivity contribution in [2.45, 2.75) is 0 Å². The molecular formula is C52H31NO2. The van der Waals surface area contributed by atoms with Crippen molar-refractivity contribution in [3.8, 4) is 39.1 Å². The van der Waals surface area contributed by atoms with E-state index in [4.69, 9.17) is 8.83 Å². The van der Waals surface area contributed by atoms with Crippen LogP contribution in [-0.4, -0.2) is 4.57 Å². The van der Waals surface area contributed by atoms with Gasteiger partial charge in [0.25, 0.3) is 0 Å². The molecule has 55 heavy (non-hydrogen) atoms. The molecule has 0 saturated carbocycles. The smallest absolute Gasteiger partial charge is 0.136 e.